The molecule has 4 atom stereocenters. The molecule has 0 aliphatic carbocycles. The lowest BCUT2D eigenvalue weighted by Gasteiger charge is -2.25. The SMILES string of the molecule is NC(=O)CCC(NC(=O)C(N)CCC(=O)O)C(=O)NC(CCCN=C(N)N)C(=O)NC(CCCN=C(N)N)C(=O)O. The van der Waals surface area contributed by atoms with Crippen LogP contribution in [0.5, 0.6) is 0 Å². The van der Waals surface area contributed by atoms with Crippen molar-refractivity contribution in [3.05, 3.63) is 0 Å². The lowest BCUT2D eigenvalue weighted by molar-refractivity contribution is -0.142. The molecule has 4 unspecified atom stereocenters. The number of hydrogen-bond acceptors (Lipinski definition) is 9. The second-order valence-electron chi connectivity index (χ2n) is 8.96. The van der Waals surface area contributed by atoms with Crippen LogP contribution in [0.1, 0.15) is 51.4 Å². The summed E-state index contributed by atoms with van der Waals surface area (Å²) in [5.41, 5.74) is 32.0. The average Bonchev–Trinajstić information content (AvgIpc) is 2.87. The van der Waals surface area contributed by atoms with Gasteiger partial charge in [-0.3, -0.25) is 34.0 Å². The molecule has 0 aromatic rings. The van der Waals surface area contributed by atoms with E-state index >= 15 is 0 Å². The second-order valence-corrected chi connectivity index (χ2v) is 8.96. The van der Waals surface area contributed by atoms with Crippen molar-refractivity contribution in [2.24, 2.45) is 44.4 Å². The lowest BCUT2D eigenvalue weighted by Crippen LogP contribution is -2.57. The number of nitrogens with two attached hydrogens (primary N) is 6. The number of aliphatic imine (C=N–C) groups is 2. The highest BCUT2D eigenvalue weighted by Crippen LogP contribution is 2.06. The maximum Gasteiger partial charge on any atom is 0.326 e. The summed E-state index contributed by atoms with van der Waals surface area (Å²) < 4.78 is 0. The molecule has 4 amide bonds. The molecule has 19 heteroatoms. The molecule has 41 heavy (non-hydrogen) atoms. The standard InChI is InChI=1S/C22H41N11O8/c23-11(5-8-16(35)36)17(37)31-13(6-7-15(24)34)19(39)32-12(3-1-9-29-21(25)26)18(38)33-14(20(40)41)4-2-10-30-22(27)28/h11-14H,1-10,23H2,(H2,24,34)(H,31,37)(H,32,39)(H,33,38)(H,35,36)(H,40,41)(H4,25,26,29)(H4,27,28,30). The Bertz CT molecular complexity index is 981. The first-order valence-electron chi connectivity index (χ1n) is 12.6. The fourth-order valence-corrected chi connectivity index (χ4v) is 3.32. The van der Waals surface area contributed by atoms with E-state index in [-0.39, 0.29) is 70.0 Å². The van der Waals surface area contributed by atoms with Crippen LogP contribution in [-0.2, 0) is 28.8 Å². The number of carbonyl (C=O) groups is 6. The number of carbonyl (C=O) groups excluding carboxylic acids is 4. The quantitative estimate of drug-likeness (QED) is 0.0341. The van der Waals surface area contributed by atoms with Crippen molar-refractivity contribution in [2.75, 3.05) is 13.1 Å². The maximum atomic E-state index is 13.1. The number of nitrogens with zero attached hydrogens (tertiary/aromatic N) is 2. The molecule has 0 saturated carbocycles. The summed E-state index contributed by atoms with van der Waals surface area (Å²) in [5, 5.41) is 25.5. The van der Waals surface area contributed by atoms with Crippen LogP contribution in [0, 0.1) is 0 Å². The molecule has 0 aromatic heterocycles. The van der Waals surface area contributed by atoms with E-state index in [1.807, 2.05) is 0 Å². The fraction of sp³-hybridized carbons (Fsp3) is 0.636. The zero-order valence-electron chi connectivity index (χ0n) is 22.6. The molecule has 19 nitrogen and oxygen atoms in total. The van der Waals surface area contributed by atoms with E-state index in [9.17, 15) is 33.9 Å². The van der Waals surface area contributed by atoms with Gasteiger partial charge in [0.1, 0.15) is 18.1 Å². The molecule has 0 heterocycles. The summed E-state index contributed by atoms with van der Waals surface area (Å²) in [5.74, 6) is -6.28. The normalized spacial score (nSPS) is 13.4. The highest BCUT2D eigenvalue weighted by Gasteiger charge is 2.30. The Morgan fingerprint density at radius 3 is 1.49 bits per heavy atom. The maximum absolute atomic E-state index is 13.1. The van der Waals surface area contributed by atoms with E-state index in [2.05, 4.69) is 25.9 Å². The number of carboxylic acids is 2. The van der Waals surface area contributed by atoms with E-state index < -0.39 is 66.2 Å². The largest absolute Gasteiger partial charge is 0.481 e. The Morgan fingerprint density at radius 2 is 1.05 bits per heavy atom. The molecule has 0 fully saturated rings. The van der Waals surface area contributed by atoms with Crippen LogP contribution in [0.25, 0.3) is 0 Å². The molecule has 0 aliphatic rings. The van der Waals surface area contributed by atoms with Gasteiger partial charge in [0.25, 0.3) is 0 Å². The van der Waals surface area contributed by atoms with Crippen molar-refractivity contribution in [1.29, 1.82) is 0 Å². The van der Waals surface area contributed by atoms with E-state index in [1.54, 1.807) is 0 Å². The third-order valence-electron chi connectivity index (χ3n) is 5.46. The van der Waals surface area contributed by atoms with Gasteiger partial charge in [-0.25, -0.2) is 4.79 Å². The molecule has 0 radical (unpaired) electrons. The van der Waals surface area contributed by atoms with E-state index in [1.165, 1.54) is 0 Å². The first kappa shape index (κ1) is 36.3. The first-order chi connectivity index (χ1) is 19.1. The second kappa shape index (κ2) is 19.4. The predicted molar refractivity (Wildman–Crippen MR) is 147 cm³/mol. The average molecular weight is 588 g/mol. The van der Waals surface area contributed by atoms with Crippen molar-refractivity contribution in [3.63, 3.8) is 0 Å². The number of carboxylic acid groups (broad SMARTS) is 2. The van der Waals surface area contributed by atoms with Gasteiger partial charge < -0.3 is 60.6 Å². The minimum absolute atomic E-state index is 0.0297. The highest BCUT2D eigenvalue weighted by atomic mass is 16.4. The van der Waals surface area contributed by atoms with Gasteiger partial charge in [-0.1, -0.05) is 0 Å². The van der Waals surface area contributed by atoms with Gasteiger partial charge in [0.2, 0.25) is 23.6 Å². The summed E-state index contributed by atoms with van der Waals surface area (Å²) >= 11 is 0. The van der Waals surface area contributed by atoms with Gasteiger partial charge in [0, 0.05) is 25.9 Å². The van der Waals surface area contributed by atoms with Crippen LogP contribution in [0.2, 0.25) is 0 Å². The molecule has 0 bridgehead atoms. The number of amides is 4. The van der Waals surface area contributed by atoms with Gasteiger partial charge >= 0.3 is 11.9 Å². The Labute approximate surface area is 235 Å². The highest BCUT2D eigenvalue weighted by molar-refractivity contribution is 5.94. The molecule has 0 saturated heterocycles. The molecule has 17 N–H and O–H groups in total. The fourth-order valence-electron chi connectivity index (χ4n) is 3.32. The number of hydrogen-bond donors (Lipinski definition) is 11. The van der Waals surface area contributed by atoms with E-state index in [0.717, 1.165) is 0 Å². The van der Waals surface area contributed by atoms with Gasteiger partial charge in [0.05, 0.1) is 6.04 Å². The van der Waals surface area contributed by atoms with Crippen molar-refractivity contribution in [3.8, 4) is 0 Å². The Kier molecular flexibility index (Phi) is 17.2. The van der Waals surface area contributed by atoms with E-state index in [0.29, 0.717) is 0 Å². The topological polar surface area (TPSA) is 360 Å². The van der Waals surface area contributed by atoms with Gasteiger partial charge in [-0.15, -0.1) is 0 Å². The Balaban J connectivity index is 5.72. The molecular formula is C22H41N11O8. The van der Waals surface area contributed by atoms with Gasteiger partial charge in [-0.05, 0) is 38.5 Å². The summed E-state index contributed by atoms with van der Waals surface area (Å²) in [4.78, 5) is 80.0. The Morgan fingerprint density at radius 1 is 0.610 bits per heavy atom. The number of primary amides is 1. The summed E-state index contributed by atoms with van der Waals surface area (Å²) in [7, 11) is 0. The monoisotopic (exact) mass is 587 g/mol. The number of aliphatic carboxylic acids is 2. The molecule has 0 aromatic carbocycles. The summed E-state index contributed by atoms with van der Waals surface area (Å²) in [6.45, 7) is 0.208. The van der Waals surface area contributed by atoms with Crippen molar-refractivity contribution in [2.45, 2.75) is 75.5 Å². The summed E-state index contributed by atoms with van der Waals surface area (Å²) in [6.07, 6.45) is -0.856. The van der Waals surface area contributed by atoms with E-state index in [4.69, 9.17) is 39.5 Å². The minimum Gasteiger partial charge on any atom is -0.481 e. The molecule has 232 valence electrons. The van der Waals surface area contributed by atoms with Crippen LogP contribution in [0.4, 0.5) is 0 Å². The molecule has 0 spiro atoms. The first-order valence-corrected chi connectivity index (χ1v) is 12.6. The zero-order chi connectivity index (χ0) is 31.5. The third kappa shape index (κ3) is 17.5. The Hall–Kier alpha value is -4.68. The number of guanidine groups is 2. The minimum atomic E-state index is -1.38. The van der Waals surface area contributed by atoms with Crippen molar-refractivity contribution < 1.29 is 39.0 Å². The van der Waals surface area contributed by atoms with Crippen LogP contribution in [0.15, 0.2) is 9.98 Å². The molecule has 0 aliphatic heterocycles. The van der Waals surface area contributed by atoms with Crippen LogP contribution >= 0.6 is 0 Å². The van der Waals surface area contributed by atoms with Crippen molar-refractivity contribution in [1.82, 2.24) is 16.0 Å². The number of nitrogens with one attached hydrogen (secondary N) is 3. The van der Waals surface area contributed by atoms with Crippen LogP contribution in [0.3, 0.4) is 0 Å². The van der Waals surface area contributed by atoms with Crippen LogP contribution in [-0.4, -0.2) is 95.0 Å². The zero-order valence-corrected chi connectivity index (χ0v) is 22.6. The third-order valence-corrected chi connectivity index (χ3v) is 5.46. The van der Waals surface area contributed by atoms with Crippen LogP contribution < -0.4 is 50.4 Å². The predicted octanol–water partition coefficient (Wildman–Crippen LogP) is -4.91. The smallest absolute Gasteiger partial charge is 0.326 e. The molecule has 0 rings (SSSR count). The lowest BCUT2D eigenvalue weighted by atomic mass is 10.0. The van der Waals surface area contributed by atoms with Gasteiger partial charge in [-0.2, -0.15) is 0 Å². The summed E-state index contributed by atoms with van der Waals surface area (Å²) in [6, 6.07) is -5.30. The van der Waals surface area contributed by atoms with Crippen molar-refractivity contribution >= 4 is 47.5 Å². The van der Waals surface area contributed by atoms with Gasteiger partial charge in [0.15, 0.2) is 11.9 Å². The molecular weight excluding hydrogens is 546 g/mol. The number of rotatable bonds is 21.